The average molecular weight is 302 g/mol. The van der Waals surface area contributed by atoms with Crippen LogP contribution in [0.5, 0.6) is 0 Å². The van der Waals surface area contributed by atoms with E-state index in [1.165, 1.54) is 10.9 Å². The standard InChI is InChI=1S/C12H13F3N4O2/c1-11(2)20-4-7(21-11)3-19-6-18-8-9(12(13,14)15)16-5-17-10(8)19/h5-7H,3-4H2,1-2H3. The highest BCUT2D eigenvalue weighted by molar-refractivity contribution is 5.73. The zero-order valence-electron chi connectivity index (χ0n) is 11.4. The van der Waals surface area contributed by atoms with Crippen LogP contribution in [-0.4, -0.2) is 38.0 Å². The first-order valence-electron chi connectivity index (χ1n) is 6.31. The van der Waals surface area contributed by atoms with Crippen molar-refractivity contribution in [2.75, 3.05) is 6.61 Å². The molecule has 1 aliphatic rings. The van der Waals surface area contributed by atoms with Crippen LogP contribution in [0.3, 0.4) is 0 Å². The van der Waals surface area contributed by atoms with Gasteiger partial charge in [-0.1, -0.05) is 0 Å². The van der Waals surface area contributed by atoms with Gasteiger partial charge in [0.25, 0.3) is 0 Å². The molecule has 0 amide bonds. The summed E-state index contributed by atoms with van der Waals surface area (Å²) < 4.78 is 51.1. The van der Waals surface area contributed by atoms with Gasteiger partial charge in [0.15, 0.2) is 17.1 Å². The predicted octanol–water partition coefficient (Wildman–Crippen LogP) is 2.00. The zero-order chi connectivity index (χ0) is 15.3. The topological polar surface area (TPSA) is 62.1 Å². The maximum atomic E-state index is 12.8. The smallest absolute Gasteiger partial charge is 0.348 e. The summed E-state index contributed by atoms with van der Waals surface area (Å²) in [4.78, 5) is 11.0. The zero-order valence-corrected chi connectivity index (χ0v) is 11.4. The van der Waals surface area contributed by atoms with Gasteiger partial charge in [0.05, 0.1) is 19.5 Å². The summed E-state index contributed by atoms with van der Waals surface area (Å²) in [6, 6.07) is 0. The predicted molar refractivity (Wildman–Crippen MR) is 65.2 cm³/mol. The van der Waals surface area contributed by atoms with Gasteiger partial charge in [-0.2, -0.15) is 13.2 Å². The molecule has 1 atom stereocenters. The van der Waals surface area contributed by atoms with E-state index < -0.39 is 17.7 Å². The number of nitrogens with zero attached hydrogens (tertiary/aromatic N) is 4. The maximum Gasteiger partial charge on any atom is 0.435 e. The number of imidazole rings is 1. The van der Waals surface area contributed by atoms with Crippen LogP contribution < -0.4 is 0 Å². The lowest BCUT2D eigenvalue weighted by Crippen LogP contribution is -2.24. The van der Waals surface area contributed by atoms with Crippen molar-refractivity contribution in [1.82, 2.24) is 19.5 Å². The van der Waals surface area contributed by atoms with E-state index in [4.69, 9.17) is 9.47 Å². The summed E-state index contributed by atoms with van der Waals surface area (Å²) >= 11 is 0. The molecule has 0 aromatic carbocycles. The molecule has 0 N–H and O–H groups in total. The van der Waals surface area contributed by atoms with Crippen molar-refractivity contribution in [3.05, 3.63) is 18.3 Å². The molecule has 1 aliphatic heterocycles. The lowest BCUT2D eigenvalue weighted by molar-refractivity contribution is -0.140. The molecule has 0 bridgehead atoms. The van der Waals surface area contributed by atoms with Crippen LogP contribution in [-0.2, 0) is 22.2 Å². The first-order chi connectivity index (χ1) is 9.76. The third-order valence-corrected chi connectivity index (χ3v) is 3.14. The molecule has 0 saturated carbocycles. The molecule has 0 spiro atoms. The summed E-state index contributed by atoms with van der Waals surface area (Å²) in [5.74, 6) is -0.687. The summed E-state index contributed by atoms with van der Waals surface area (Å²) in [6.07, 6.45) is -2.63. The molecule has 2 aromatic rings. The molecule has 6 nitrogen and oxygen atoms in total. The fraction of sp³-hybridized carbons (Fsp3) is 0.583. The molecule has 21 heavy (non-hydrogen) atoms. The van der Waals surface area contributed by atoms with E-state index in [1.54, 1.807) is 13.8 Å². The number of rotatable bonds is 2. The van der Waals surface area contributed by atoms with Crippen molar-refractivity contribution < 1.29 is 22.6 Å². The Hall–Kier alpha value is -1.74. The van der Waals surface area contributed by atoms with Gasteiger partial charge in [-0.25, -0.2) is 15.0 Å². The molecule has 9 heteroatoms. The number of hydrogen-bond acceptors (Lipinski definition) is 5. The molecule has 0 radical (unpaired) electrons. The molecular formula is C12H13F3N4O2. The van der Waals surface area contributed by atoms with Gasteiger partial charge in [0.2, 0.25) is 0 Å². The lowest BCUT2D eigenvalue weighted by atomic mass is 10.3. The van der Waals surface area contributed by atoms with E-state index in [9.17, 15) is 13.2 Å². The van der Waals surface area contributed by atoms with E-state index in [0.29, 0.717) is 13.2 Å². The Morgan fingerprint density at radius 3 is 2.71 bits per heavy atom. The van der Waals surface area contributed by atoms with Gasteiger partial charge >= 0.3 is 6.18 Å². The molecule has 2 aromatic heterocycles. The van der Waals surface area contributed by atoms with E-state index in [1.807, 2.05) is 0 Å². The number of aromatic nitrogens is 4. The Bertz CT molecular complexity index is 668. The fourth-order valence-electron chi connectivity index (χ4n) is 2.29. The summed E-state index contributed by atoms with van der Waals surface area (Å²) in [7, 11) is 0. The molecule has 1 saturated heterocycles. The number of hydrogen-bond donors (Lipinski definition) is 0. The molecule has 1 unspecified atom stereocenters. The number of fused-ring (bicyclic) bond motifs is 1. The van der Waals surface area contributed by atoms with Crippen LogP contribution in [0.15, 0.2) is 12.7 Å². The van der Waals surface area contributed by atoms with Gasteiger partial charge in [0.1, 0.15) is 17.9 Å². The third kappa shape index (κ3) is 2.70. The van der Waals surface area contributed by atoms with Crippen LogP contribution in [0.4, 0.5) is 13.2 Å². The normalized spacial score (nSPS) is 22.0. The summed E-state index contributed by atoms with van der Waals surface area (Å²) in [5.41, 5.74) is -1.16. The van der Waals surface area contributed by atoms with Crippen LogP contribution >= 0.6 is 0 Å². The Morgan fingerprint density at radius 2 is 2.10 bits per heavy atom. The first kappa shape index (κ1) is 14.2. The number of alkyl halides is 3. The second-order valence-electron chi connectivity index (χ2n) is 5.24. The minimum Gasteiger partial charge on any atom is -0.348 e. The van der Waals surface area contributed by atoms with Gasteiger partial charge in [0, 0.05) is 0 Å². The molecule has 114 valence electrons. The van der Waals surface area contributed by atoms with Gasteiger partial charge in [-0.05, 0) is 13.8 Å². The van der Waals surface area contributed by atoms with E-state index in [-0.39, 0.29) is 17.3 Å². The Morgan fingerprint density at radius 1 is 1.33 bits per heavy atom. The lowest BCUT2D eigenvalue weighted by Gasteiger charge is -2.17. The minimum atomic E-state index is -4.56. The van der Waals surface area contributed by atoms with E-state index in [0.717, 1.165) is 6.33 Å². The molecule has 3 rings (SSSR count). The van der Waals surface area contributed by atoms with E-state index in [2.05, 4.69) is 15.0 Å². The first-order valence-corrected chi connectivity index (χ1v) is 6.31. The fourth-order valence-corrected chi connectivity index (χ4v) is 2.29. The highest BCUT2D eigenvalue weighted by Gasteiger charge is 2.37. The third-order valence-electron chi connectivity index (χ3n) is 3.14. The van der Waals surface area contributed by atoms with Crippen molar-refractivity contribution in [3.8, 4) is 0 Å². The van der Waals surface area contributed by atoms with Gasteiger partial charge in [-0.3, -0.25) is 0 Å². The van der Waals surface area contributed by atoms with Crippen LogP contribution in [0.25, 0.3) is 11.2 Å². The highest BCUT2D eigenvalue weighted by atomic mass is 19.4. The second kappa shape index (κ2) is 4.63. The average Bonchev–Trinajstić information content (AvgIpc) is 2.92. The molecular weight excluding hydrogens is 289 g/mol. The quantitative estimate of drug-likeness (QED) is 0.849. The largest absolute Gasteiger partial charge is 0.435 e. The SMILES string of the molecule is CC1(C)OCC(Cn2cnc3c(C(F)(F)F)ncnc32)O1. The Kier molecular flexibility index (Phi) is 3.14. The van der Waals surface area contributed by atoms with Crippen LogP contribution in [0.1, 0.15) is 19.5 Å². The summed E-state index contributed by atoms with van der Waals surface area (Å²) in [5, 5.41) is 0. The minimum absolute atomic E-state index is 0.130. The molecule has 3 heterocycles. The van der Waals surface area contributed by atoms with Crippen molar-refractivity contribution in [2.24, 2.45) is 0 Å². The van der Waals surface area contributed by atoms with Crippen LogP contribution in [0, 0.1) is 0 Å². The monoisotopic (exact) mass is 302 g/mol. The van der Waals surface area contributed by atoms with Crippen molar-refractivity contribution in [1.29, 1.82) is 0 Å². The number of ether oxygens (including phenoxy) is 2. The van der Waals surface area contributed by atoms with Crippen molar-refractivity contribution in [2.45, 2.75) is 38.5 Å². The van der Waals surface area contributed by atoms with Crippen LogP contribution in [0.2, 0.25) is 0 Å². The highest BCUT2D eigenvalue weighted by Crippen LogP contribution is 2.32. The van der Waals surface area contributed by atoms with Crippen molar-refractivity contribution >= 4 is 11.2 Å². The van der Waals surface area contributed by atoms with Crippen molar-refractivity contribution in [3.63, 3.8) is 0 Å². The molecule has 1 fully saturated rings. The van der Waals surface area contributed by atoms with E-state index >= 15 is 0 Å². The maximum absolute atomic E-state index is 12.8. The summed E-state index contributed by atoms with van der Waals surface area (Å²) in [6.45, 7) is 4.24. The Labute approximate surface area is 117 Å². The van der Waals surface area contributed by atoms with Gasteiger partial charge in [-0.15, -0.1) is 0 Å². The second-order valence-corrected chi connectivity index (χ2v) is 5.24. The Balaban J connectivity index is 1.91. The van der Waals surface area contributed by atoms with Gasteiger partial charge < -0.3 is 14.0 Å². The molecule has 0 aliphatic carbocycles. The number of halogens is 3.